The highest BCUT2D eigenvalue weighted by Crippen LogP contribution is 2.27. The van der Waals surface area contributed by atoms with Gasteiger partial charge >= 0.3 is 0 Å². The summed E-state index contributed by atoms with van der Waals surface area (Å²) in [6.07, 6.45) is 6.39. The van der Waals surface area contributed by atoms with E-state index in [2.05, 4.69) is 5.32 Å². The van der Waals surface area contributed by atoms with Gasteiger partial charge in [0, 0.05) is 6.42 Å². The van der Waals surface area contributed by atoms with Crippen molar-refractivity contribution < 1.29 is 14.7 Å². The zero-order valence-electron chi connectivity index (χ0n) is 11.1. The highest BCUT2D eigenvalue weighted by molar-refractivity contribution is 5.76. The minimum Gasteiger partial charge on any atom is -0.472 e. The van der Waals surface area contributed by atoms with Gasteiger partial charge in [0.15, 0.2) is 0 Å². The van der Waals surface area contributed by atoms with Crippen molar-refractivity contribution in [2.24, 2.45) is 5.92 Å². The lowest BCUT2D eigenvalue weighted by Crippen LogP contribution is -2.47. The minimum absolute atomic E-state index is 0.0518. The summed E-state index contributed by atoms with van der Waals surface area (Å²) in [5.41, 5.74) is 0.650. The van der Waals surface area contributed by atoms with Gasteiger partial charge in [-0.1, -0.05) is 12.8 Å². The first kappa shape index (κ1) is 13.2. The average molecular weight is 254 g/mol. The molecule has 0 aromatic heterocycles. The molecule has 1 heterocycles. The van der Waals surface area contributed by atoms with Crippen LogP contribution in [0, 0.1) is 5.92 Å². The second-order valence-electron chi connectivity index (χ2n) is 5.34. The number of ether oxygens (including phenoxy) is 1. The summed E-state index contributed by atoms with van der Waals surface area (Å²) in [5, 5.41) is 13.7. The fraction of sp³-hybridized carbons (Fsp3) is 0.769. The molecule has 0 saturated heterocycles. The van der Waals surface area contributed by atoms with E-state index < -0.39 is 6.23 Å². The van der Waals surface area contributed by atoms with Crippen LogP contribution in [0.2, 0.25) is 0 Å². The number of hydroxylamine groups is 2. The molecule has 2 atom stereocenters. The first-order chi connectivity index (χ1) is 8.58. The fourth-order valence-corrected chi connectivity index (χ4v) is 2.67. The molecule has 1 aliphatic carbocycles. The fourth-order valence-electron chi connectivity index (χ4n) is 2.67. The molecule has 0 aromatic carbocycles. The second-order valence-corrected chi connectivity index (χ2v) is 5.34. The van der Waals surface area contributed by atoms with E-state index in [1.54, 1.807) is 6.92 Å². The van der Waals surface area contributed by atoms with Crippen molar-refractivity contribution in [2.45, 2.75) is 58.2 Å². The Labute approximate surface area is 108 Å². The van der Waals surface area contributed by atoms with Gasteiger partial charge in [0.1, 0.15) is 6.26 Å². The average Bonchev–Trinajstić information content (AvgIpc) is 2.91. The topological polar surface area (TPSA) is 61.8 Å². The standard InChI is InChI=1S/C13H22N2O3/c1-9-8-18-13(15(9)17)10(2)14-12(16)7-11-5-3-4-6-11/h8,10-11,13,17H,3-7H2,1-2H3,(H,14,16)/t10-,13?/m0/s1. The van der Waals surface area contributed by atoms with Crippen molar-refractivity contribution >= 4 is 5.91 Å². The third-order valence-electron chi connectivity index (χ3n) is 3.75. The van der Waals surface area contributed by atoms with Gasteiger partial charge in [0.25, 0.3) is 0 Å². The van der Waals surface area contributed by atoms with Gasteiger partial charge in [-0.2, -0.15) is 0 Å². The molecular weight excluding hydrogens is 232 g/mol. The molecule has 0 radical (unpaired) electrons. The number of carbonyl (C=O) groups is 1. The quantitative estimate of drug-likeness (QED) is 0.805. The highest BCUT2D eigenvalue weighted by Gasteiger charge is 2.31. The number of rotatable bonds is 4. The summed E-state index contributed by atoms with van der Waals surface area (Å²) >= 11 is 0. The van der Waals surface area contributed by atoms with Gasteiger partial charge < -0.3 is 10.1 Å². The normalized spacial score (nSPS) is 25.8. The lowest BCUT2D eigenvalue weighted by atomic mass is 10.0. The SMILES string of the molecule is CC1=COC([C@H](C)NC(=O)CC2CCCC2)N1O. The summed E-state index contributed by atoms with van der Waals surface area (Å²) in [6, 6.07) is -0.238. The molecule has 18 heavy (non-hydrogen) atoms. The second kappa shape index (κ2) is 5.61. The molecule has 2 rings (SSSR count). The zero-order chi connectivity index (χ0) is 13.1. The number of carbonyl (C=O) groups excluding carboxylic acids is 1. The summed E-state index contributed by atoms with van der Waals surface area (Å²) in [5.74, 6) is 0.586. The summed E-state index contributed by atoms with van der Waals surface area (Å²) in [7, 11) is 0. The van der Waals surface area contributed by atoms with E-state index in [-0.39, 0.29) is 11.9 Å². The molecular formula is C13H22N2O3. The maximum Gasteiger partial charge on any atom is 0.220 e. The number of nitrogens with zero attached hydrogens (tertiary/aromatic N) is 1. The van der Waals surface area contributed by atoms with Crippen LogP contribution in [0.5, 0.6) is 0 Å². The summed E-state index contributed by atoms with van der Waals surface area (Å²) < 4.78 is 5.31. The Bertz CT molecular complexity index is 337. The molecule has 1 saturated carbocycles. The lowest BCUT2D eigenvalue weighted by Gasteiger charge is -2.26. The number of allylic oxidation sites excluding steroid dienone is 1. The van der Waals surface area contributed by atoms with Gasteiger partial charge in [0.05, 0.1) is 11.7 Å². The molecule has 102 valence electrons. The predicted molar refractivity (Wildman–Crippen MR) is 66.4 cm³/mol. The molecule has 0 bridgehead atoms. The van der Waals surface area contributed by atoms with Crippen LogP contribution in [0.1, 0.15) is 46.0 Å². The summed E-state index contributed by atoms with van der Waals surface area (Å²) in [4.78, 5) is 11.9. The van der Waals surface area contributed by atoms with Crippen LogP contribution in [0.25, 0.3) is 0 Å². The molecule has 5 heteroatoms. The number of hydrogen-bond acceptors (Lipinski definition) is 4. The molecule has 1 fully saturated rings. The van der Waals surface area contributed by atoms with Crippen molar-refractivity contribution in [1.29, 1.82) is 0 Å². The highest BCUT2D eigenvalue weighted by atomic mass is 16.6. The first-order valence-electron chi connectivity index (χ1n) is 6.67. The zero-order valence-corrected chi connectivity index (χ0v) is 11.1. The third-order valence-corrected chi connectivity index (χ3v) is 3.75. The molecule has 0 spiro atoms. The Hall–Kier alpha value is -1.23. The van der Waals surface area contributed by atoms with E-state index in [9.17, 15) is 10.0 Å². The van der Waals surface area contributed by atoms with Crippen LogP contribution >= 0.6 is 0 Å². The molecule has 2 N–H and O–H groups in total. The largest absolute Gasteiger partial charge is 0.472 e. The van der Waals surface area contributed by atoms with Crippen molar-refractivity contribution in [3.05, 3.63) is 12.0 Å². The number of nitrogens with one attached hydrogen (secondary N) is 1. The van der Waals surface area contributed by atoms with Gasteiger partial charge in [-0.15, -0.1) is 0 Å². The molecule has 1 unspecified atom stereocenters. The van der Waals surface area contributed by atoms with E-state index in [0.717, 1.165) is 17.9 Å². The van der Waals surface area contributed by atoms with E-state index in [1.807, 2.05) is 6.92 Å². The van der Waals surface area contributed by atoms with Crippen molar-refractivity contribution in [3.8, 4) is 0 Å². The predicted octanol–water partition coefficient (Wildman–Crippen LogP) is 1.98. The van der Waals surface area contributed by atoms with E-state index in [0.29, 0.717) is 18.0 Å². The molecule has 1 amide bonds. The number of hydrogen-bond donors (Lipinski definition) is 2. The molecule has 1 aliphatic heterocycles. The Morgan fingerprint density at radius 2 is 2.28 bits per heavy atom. The van der Waals surface area contributed by atoms with E-state index in [4.69, 9.17) is 4.74 Å². The first-order valence-corrected chi connectivity index (χ1v) is 6.67. The van der Waals surface area contributed by atoms with Crippen molar-refractivity contribution in [1.82, 2.24) is 10.4 Å². The Kier molecular flexibility index (Phi) is 4.11. The van der Waals surface area contributed by atoms with Gasteiger partial charge in [-0.25, -0.2) is 5.06 Å². The smallest absolute Gasteiger partial charge is 0.220 e. The van der Waals surface area contributed by atoms with Crippen molar-refractivity contribution in [2.75, 3.05) is 0 Å². The minimum atomic E-state index is -0.516. The maximum absolute atomic E-state index is 11.9. The van der Waals surface area contributed by atoms with Gasteiger partial charge in [0.2, 0.25) is 12.1 Å². The van der Waals surface area contributed by atoms with Crippen LogP contribution in [-0.2, 0) is 9.53 Å². The monoisotopic (exact) mass is 254 g/mol. The Morgan fingerprint density at radius 3 is 2.83 bits per heavy atom. The van der Waals surface area contributed by atoms with E-state index >= 15 is 0 Å². The van der Waals surface area contributed by atoms with Crippen LogP contribution in [0.3, 0.4) is 0 Å². The van der Waals surface area contributed by atoms with Gasteiger partial charge in [-0.3, -0.25) is 10.0 Å². The van der Waals surface area contributed by atoms with Gasteiger partial charge in [-0.05, 0) is 32.6 Å². The molecule has 0 aromatic rings. The molecule has 2 aliphatic rings. The Balaban J connectivity index is 1.76. The van der Waals surface area contributed by atoms with Crippen LogP contribution < -0.4 is 5.32 Å². The molecule has 5 nitrogen and oxygen atoms in total. The third kappa shape index (κ3) is 2.96. The van der Waals surface area contributed by atoms with Crippen LogP contribution in [0.15, 0.2) is 12.0 Å². The Morgan fingerprint density at radius 1 is 1.61 bits per heavy atom. The maximum atomic E-state index is 11.9. The van der Waals surface area contributed by atoms with E-state index in [1.165, 1.54) is 19.1 Å². The van der Waals surface area contributed by atoms with Crippen LogP contribution in [0.4, 0.5) is 0 Å². The lowest BCUT2D eigenvalue weighted by molar-refractivity contribution is -0.158. The van der Waals surface area contributed by atoms with Crippen LogP contribution in [-0.4, -0.2) is 28.4 Å². The van der Waals surface area contributed by atoms with Crippen molar-refractivity contribution in [3.63, 3.8) is 0 Å². The summed E-state index contributed by atoms with van der Waals surface area (Å²) in [6.45, 7) is 3.60. The number of amides is 1.